The second-order valence-corrected chi connectivity index (χ2v) is 7.83. The number of nitrogens with zero attached hydrogens (tertiary/aromatic N) is 2. The van der Waals surface area contributed by atoms with Crippen LogP contribution >= 0.6 is 24.2 Å². The Bertz CT molecular complexity index is 622. The summed E-state index contributed by atoms with van der Waals surface area (Å²) in [5.41, 5.74) is 1.24. The van der Waals surface area contributed by atoms with Gasteiger partial charge in [-0.1, -0.05) is 11.8 Å². The maximum absolute atomic E-state index is 12.0. The number of ether oxygens (including phenoxy) is 1. The van der Waals surface area contributed by atoms with Crippen LogP contribution in [0, 0.1) is 0 Å². The predicted molar refractivity (Wildman–Crippen MR) is 98.6 cm³/mol. The molecule has 8 heteroatoms. The van der Waals surface area contributed by atoms with Crippen molar-refractivity contribution in [3.8, 4) is 0 Å². The summed E-state index contributed by atoms with van der Waals surface area (Å²) in [4.78, 5) is 23.3. The van der Waals surface area contributed by atoms with Gasteiger partial charge in [-0.2, -0.15) is 9.78 Å². The fourth-order valence-corrected chi connectivity index (χ4v) is 3.20. The third kappa shape index (κ3) is 6.30. The predicted octanol–water partition coefficient (Wildman–Crippen LogP) is 3.11. The molecule has 0 saturated carbocycles. The smallest absolute Gasteiger partial charge is 0.435 e. The minimum absolute atomic E-state index is 0. The zero-order chi connectivity index (χ0) is 17.0. The van der Waals surface area contributed by atoms with Gasteiger partial charge in [-0.25, -0.2) is 4.79 Å². The van der Waals surface area contributed by atoms with Crippen molar-refractivity contribution in [1.29, 1.82) is 0 Å². The third-order valence-corrected chi connectivity index (χ3v) is 4.31. The molecule has 134 valence electrons. The zero-order valence-electron chi connectivity index (χ0n) is 14.4. The van der Waals surface area contributed by atoms with Crippen molar-refractivity contribution in [3.05, 3.63) is 23.5 Å². The van der Waals surface area contributed by atoms with Crippen LogP contribution in [-0.2, 0) is 9.53 Å². The van der Waals surface area contributed by atoms with Gasteiger partial charge in [0, 0.05) is 24.9 Å². The first kappa shape index (κ1) is 20.7. The summed E-state index contributed by atoms with van der Waals surface area (Å²) in [5, 5.41) is 7.83. The van der Waals surface area contributed by atoms with Crippen molar-refractivity contribution in [3.63, 3.8) is 0 Å². The molecular formula is C16H24ClN3O3S. The second kappa shape index (κ2) is 8.69. The van der Waals surface area contributed by atoms with Crippen LogP contribution in [0.4, 0.5) is 4.79 Å². The molecule has 0 bridgehead atoms. The van der Waals surface area contributed by atoms with Gasteiger partial charge in [0.15, 0.2) is 5.12 Å². The third-order valence-electron chi connectivity index (χ3n) is 3.16. The van der Waals surface area contributed by atoms with E-state index >= 15 is 0 Å². The zero-order valence-corrected chi connectivity index (χ0v) is 16.0. The summed E-state index contributed by atoms with van der Waals surface area (Å²) in [6.07, 6.45) is 3.93. The van der Waals surface area contributed by atoms with E-state index < -0.39 is 11.7 Å². The molecule has 6 nitrogen and oxygen atoms in total. The van der Waals surface area contributed by atoms with E-state index in [1.54, 1.807) is 19.2 Å². The van der Waals surface area contributed by atoms with Crippen LogP contribution in [0.25, 0.3) is 6.08 Å². The van der Waals surface area contributed by atoms with E-state index in [9.17, 15) is 9.59 Å². The number of carbonyl (C=O) groups is 2. The summed E-state index contributed by atoms with van der Waals surface area (Å²) in [7, 11) is 0. The molecular weight excluding hydrogens is 350 g/mol. The number of hydrogen-bond donors (Lipinski definition) is 1. The maximum atomic E-state index is 12.0. The summed E-state index contributed by atoms with van der Waals surface area (Å²) in [6, 6.07) is 1.76. The largest absolute Gasteiger partial charge is 0.442 e. The van der Waals surface area contributed by atoms with Crippen molar-refractivity contribution in [2.45, 2.75) is 45.0 Å². The Kier molecular flexibility index (Phi) is 7.51. The quantitative estimate of drug-likeness (QED) is 0.858. The Morgan fingerprint density at radius 3 is 2.79 bits per heavy atom. The van der Waals surface area contributed by atoms with E-state index in [1.165, 1.54) is 16.4 Å². The minimum atomic E-state index is -0.557. The van der Waals surface area contributed by atoms with Crippen molar-refractivity contribution < 1.29 is 14.3 Å². The van der Waals surface area contributed by atoms with Gasteiger partial charge < -0.3 is 10.1 Å². The molecule has 0 aliphatic carbocycles. The van der Waals surface area contributed by atoms with E-state index in [2.05, 4.69) is 10.4 Å². The van der Waals surface area contributed by atoms with Crippen molar-refractivity contribution in [2.75, 3.05) is 13.1 Å². The molecule has 0 radical (unpaired) electrons. The number of nitrogens with one attached hydrogen (secondary N) is 1. The van der Waals surface area contributed by atoms with E-state index in [0.29, 0.717) is 5.69 Å². The van der Waals surface area contributed by atoms with Gasteiger partial charge in [-0.05, 0) is 51.5 Å². The molecule has 0 aromatic carbocycles. The summed E-state index contributed by atoms with van der Waals surface area (Å²) in [6.45, 7) is 8.65. The highest BCUT2D eigenvalue weighted by molar-refractivity contribution is 8.14. The molecule has 1 aromatic heterocycles. The van der Waals surface area contributed by atoms with Crippen LogP contribution in [0.1, 0.15) is 39.8 Å². The van der Waals surface area contributed by atoms with E-state index in [-0.39, 0.29) is 22.8 Å². The van der Waals surface area contributed by atoms with Gasteiger partial charge in [0.05, 0.1) is 5.69 Å². The second-order valence-electron chi connectivity index (χ2n) is 6.45. The first-order valence-corrected chi connectivity index (χ1v) is 8.50. The first-order valence-electron chi connectivity index (χ1n) is 7.62. The molecule has 2 heterocycles. The van der Waals surface area contributed by atoms with E-state index in [1.807, 2.05) is 26.8 Å². The fraction of sp³-hybridized carbons (Fsp3) is 0.562. The first-order chi connectivity index (χ1) is 10.7. The van der Waals surface area contributed by atoms with Gasteiger partial charge >= 0.3 is 6.09 Å². The lowest BCUT2D eigenvalue weighted by Crippen LogP contribution is -2.32. The molecule has 0 amide bonds. The number of carbonyl (C=O) groups excluding carboxylic acids is 2. The summed E-state index contributed by atoms with van der Waals surface area (Å²) >= 11 is 1.35. The lowest BCUT2D eigenvalue weighted by molar-refractivity contribution is -0.109. The van der Waals surface area contributed by atoms with Gasteiger partial charge in [-0.15, -0.1) is 12.4 Å². The lowest BCUT2D eigenvalue weighted by Gasteiger charge is -2.24. The van der Waals surface area contributed by atoms with Crippen LogP contribution in [-0.4, -0.2) is 44.9 Å². The number of aromatic nitrogens is 2. The molecule has 1 unspecified atom stereocenters. The van der Waals surface area contributed by atoms with Crippen LogP contribution in [0.5, 0.6) is 0 Å². The fourth-order valence-electron chi connectivity index (χ4n) is 2.26. The van der Waals surface area contributed by atoms with E-state index in [0.717, 1.165) is 25.1 Å². The Morgan fingerprint density at radius 1 is 1.46 bits per heavy atom. The summed E-state index contributed by atoms with van der Waals surface area (Å²) < 4.78 is 6.48. The number of hydrogen-bond acceptors (Lipinski definition) is 6. The Labute approximate surface area is 152 Å². The Morgan fingerprint density at radius 2 is 2.17 bits per heavy atom. The molecule has 1 aromatic rings. The normalized spacial score (nSPS) is 19.7. The molecule has 2 rings (SSSR count). The molecule has 24 heavy (non-hydrogen) atoms. The number of rotatable bonds is 2. The summed E-state index contributed by atoms with van der Waals surface area (Å²) in [5.74, 6) is 0. The molecule has 1 saturated heterocycles. The maximum Gasteiger partial charge on any atom is 0.435 e. The molecule has 1 fully saturated rings. The SMILES string of the molecule is CC(=O)SC1CCNCC1=Cc1ccn(C(=O)OC(C)(C)C)n1.Cl. The standard InChI is InChI=1S/C16H23N3O3S.ClH/c1-11(20)23-14-5-7-17-10-12(14)9-13-6-8-19(18-13)15(21)22-16(2,3)4;/h6,8-9,14,17H,5,7,10H2,1-4H3;1H. The average molecular weight is 374 g/mol. The lowest BCUT2D eigenvalue weighted by atomic mass is 10.0. The highest BCUT2D eigenvalue weighted by Gasteiger charge is 2.22. The van der Waals surface area contributed by atoms with Crippen LogP contribution in [0.3, 0.4) is 0 Å². The van der Waals surface area contributed by atoms with Gasteiger partial charge in [0.2, 0.25) is 0 Å². The molecule has 1 atom stereocenters. The van der Waals surface area contributed by atoms with Crippen molar-refractivity contribution in [2.24, 2.45) is 0 Å². The Balaban J connectivity index is 0.00000288. The highest BCUT2D eigenvalue weighted by Crippen LogP contribution is 2.26. The molecule has 1 N–H and O–H groups in total. The van der Waals surface area contributed by atoms with Crippen molar-refractivity contribution >= 4 is 41.5 Å². The number of thioether (sulfide) groups is 1. The molecule has 0 spiro atoms. The van der Waals surface area contributed by atoms with E-state index in [4.69, 9.17) is 4.74 Å². The van der Waals surface area contributed by atoms with Crippen molar-refractivity contribution in [1.82, 2.24) is 15.1 Å². The van der Waals surface area contributed by atoms with Crippen LogP contribution in [0.2, 0.25) is 0 Å². The van der Waals surface area contributed by atoms with Gasteiger partial charge in [0.1, 0.15) is 5.60 Å². The van der Waals surface area contributed by atoms with Crippen LogP contribution < -0.4 is 5.32 Å². The molecule has 1 aliphatic rings. The average Bonchev–Trinajstić information content (AvgIpc) is 2.87. The number of piperidine rings is 1. The monoisotopic (exact) mass is 373 g/mol. The molecule has 1 aliphatic heterocycles. The highest BCUT2D eigenvalue weighted by atomic mass is 35.5. The minimum Gasteiger partial charge on any atom is -0.442 e. The van der Waals surface area contributed by atoms with Gasteiger partial charge in [-0.3, -0.25) is 4.79 Å². The van der Waals surface area contributed by atoms with Gasteiger partial charge in [0.25, 0.3) is 0 Å². The number of halogens is 1. The Hall–Kier alpha value is -1.31. The topological polar surface area (TPSA) is 73.2 Å². The van der Waals surface area contributed by atoms with Crippen LogP contribution in [0.15, 0.2) is 17.8 Å².